The lowest BCUT2D eigenvalue weighted by molar-refractivity contribution is 0.0697. The van der Waals surface area contributed by atoms with Gasteiger partial charge in [-0.1, -0.05) is 19.0 Å². The Labute approximate surface area is 107 Å². The molecule has 0 bridgehead atoms. The lowest BCUT2D eigenvalue weighted by Crippen LogP contribution is -2.01. The van der Waals surface area contributed by atoms with Gasteiger partial charge in [0, 0.05) is 5.92 Å². The topological polar surface area (TPSA) is 85.5 Å². The summed E-state index contributed by atoms with van der Waals surface area (Å²) in [5, 5.41) is 14.3. The number of carboxylic acid groups (broad SMARTS) is 1. The molecule has 0 saturated carbocycles. The molecular formula is C11H12N2O4S. The lowest BCUT2D eigenvalue weighted by atomic mass is 10.2. The summed E-state index contributed by atoms with van der Waals surface area (Å²) in [4.78, 5) is 15.2. The first kappa shape index (κ1) is 12.6. The summed E-state index contributed by atoms with van der Waals surface area (Å²) < 4.78 is 10.4. The zero-order chi connectivity index (χ0) is 13.1. The number of nitrogens with zero attached hydrogens (tertiary/aromatic N) is 2. The number of aromatic carboxylic acids is 1. The Morgan fingerprint density at radius 2 is 2.39 bits per heavy atom. The van der Waals surface area contributed by atoms with E-state index in [9.17, 15) is 4.79 Å². The quantitative estimate of drug-likeness (QED) is 0.896. The van der Waals surface area contributed by atoms with E-state index in [1.165, 1.54) is 0 Å². The Morgan fingerprint density at radius 3 is 3.00 bits per heavy atom. The summed E-state index contributed by atoms with van der Waals surface area (Å²) in [5.41, 5.74) is 0. The van der Waals surface area contributed by atoms with Crippen molar-refractivity contribution in [3.05, 3.63) is 28.0 Å². The molecule has 0 aliphatic heterocycles. The molecule has 1 N–H and O–H groups in total. The van der Waals surface area contributed by atoms with E-state index in [0.717, 1.165) is 11.3 Å². The van der Waals surface area contributed by atoms with Crippen LogP contribution >= 0.6 is 11.3 Å². The maximum absolute atomic E-state index is 10.9. The Hall–Kier alpha value is -1.89. The number of hydrogen-bond donors (Lipinski definition) is 1. The standard InChI is InChI=1S/C11H12N2O4S/c1-6(2)10-12-8(13-17-10)5-16-7-3-4-18-9(7)11(14)15/h3-4,6H,5H2,1-2H3,(H,14,15). The third kappa shape index (κ3) is 2.67. The average molecular weight is 268 g/mol. The van der Waals surface area contributed by atoms with Gasteiger partial charge in [0.25, 0.3) is 0 Å². The van der Waals surface area contributed by atoms with Gasteiger partial charge in [-0.25, -0.2) is 4.79 Å². The van der Waals surface area contributed by atoms with E-state index in [-0.39, 0.29) is 17.4 Å². The summed E-state index contributed by atoms with van der Waals surface area (Å²) in [5.74, 6) is 0.417. The fraction of sp³-hybridized carbons (Fsp3) is 0.364. The molecule has 2 heterocycles. The first-order valence-electron chi connectivity index (χ1n) is 5.34. The predicted octanol–water partition coefficient (Wildman–Crippen LogP) is 2.53. The van der Waals surface area contributed by atoms with Crippen LogP contribution in [0.2, 0.25) is 0 Å². The molecule has 0 amide bonds. The van der Waals surface area contributed by atoms with Crippen LogP contribution in [0.5, 0.6) is 5.75 Å². The van der Waals surface area contributed by atoms with Gasteiger partial charge in [0.1, 0.15) is 5.75 Å². The molecule has 0 saturated heterocycles. The second-order valence-electron chi connectivity index (χ2n) is 3.91. The number of thiophene rings is 1. The highest BCUT2D eigenvalue weighted by molar-refractivity contribution is 7.12. The van der Waals surface area contributed by atoms with Crippen molar-refractivity contribution in [1.29, 1.82) is 0 Å². The van der Waals surface area contributed by atoms with E-state index in [0.29, 0.717) is 17.5 Å². The summed E-state index contributed by atoms with van der Waals surface area (Å²) >= 11 is 1.11. The van der Waals surface area contributed by atoms with Crippen LogP contribution in [0.4, 0.5) is 0 Å². The maximum atomic E-state index is 10.9. The van der Waals surface area contributed by atoms with E-state index in [2.05, 4.69) is 10.1 Å². The summed E-state index contributed by atoms with van der Waals surface area (Å²) in [6.45, 7) is 3.98. The van der Waals surface area contributed by atoms with E-state index in [4.69, 9.17) is 14.4 Å². The molecule has 0 unspecified atom stereocenters. The van der Waals surface area contributed by atoms with Crippen molar-refractivity contribution in [2.24, 2.45) is 0 Å². The Bertz CT molecular complexity index is 547. The number of aromatic nitrogens is 2. The molecule has 0 aliphatic carbocycles. The highest BCUT2D eigenvalue weighted by atomic mass is 32.1. The SMILES string of the molecule is CC(C)c1nc(COc2ccsc2C(=O)O)no1. The molecule has 0 radical (unpaired) electrons. The molecule has 2 aromatic rings. The minimum Gasteiger partial charge on any atom is -0.484 e. The van der Waals surface area contributed by atoms with E-state index < -0.39 is 5.97 Å². The van der Waals surface area contributed by atoms with Crippen molar-refractivity contribution < 1.29 is 19.2 Å². The van der Waals surface area contributed by atoms with Gasteiger partial charge in [-0.05, 0) is 11.4 Å². The molecule has 7 heteroatoms. The Balaban J connectivity index is 2.02. The smallest absolute Gasteiger partial charge is 0.349 e. The van der Waals surface area contributed by atoms with Gasteiger partial charge in [0.05, 0.1) is 0 Å². The van der Waals surface area contributed by atoms with Crippen molar-refractivity contribution in [2.45, 2.75) is 26.4 Å². The third-order valence-corrected chi connectivity index (χ3v) is 3.04. The number of hydrogen-bond acceptors (Lipinski definition) is 6. The Kier molecular flexibility index (Phi) is 3.61. The van der Waals surface area contributed by atoms with Crippen molar-refractivity contribution in [2.75, 3.05) is 0 Å². The van der Waals surface area contributed by atoms with Crippen LogP contribution in [-0.2, 0) is 6.61 Å². The average Bonchev–Trinajstić information content (AvgIpc) is 2.95. The van der Waals surface area contributed by atoms with Crippen LogP contribution in [0.1, 0.15) is 41.2 Å². The van der Waals surface area contributed by atoms with Gasteiger partial charge in [-0.15, -0.1) is 11.3 Å². The lowest BCUT2D eigenvalue weighted by Gasteiger charge is -2.01. The summed E-state index contributed by atoms with van der Waals surface area (Å²) in [7, 11) is 0. The van der Waals surface area contributed by atoms with Gasteiger partial charge >= 0.3 is 5.97 Å². The fourth-order valence-corrected chi connectivity index (χ4v) is 1.94. The van der Waals surface area contributed by atoms with E-state index in [1.807, 2.05) is 13.8 Å². The third-order valence-electron chi connectivity index (χ3n) is 2.16. The van der Waals surface area contributed by atoms with Crippen LogP contribution in [0, 0.1) is 0 Å². The molecule has 6 nitrogen and oxygen atoms in total. The van der Waals surface area contributed by atoms with Crippen molar-refractivity contribution in [3.63, 3.8) is 0 Å². The van der Waals surface area contributed by atoms with Gasteiger partial charge < -0.3 is 14.4 Å². The second kappa shape index (κ2) is 5.18. The van der Waals surface area contributed by atoms with Crippen LogP contribution < -0.4 is 4.74 Å². The van der Waals surface area contributed by atoms with Crippen LogP contribution in [-0.4, -0.2) is 21.2 Å². The second-order valence-corrected chi connectivity index (χ2v) is 4.83. The number of carboxylic acids is 1. The molecule has 0 aliphatic rings. The first-order valence-corrected chi connectivity index (χ1v) is 6.22. The zero-order valence-corrected chi connectivity index (χ0v) is 10.7. The van der Waals surface area contributed by atoms with Crippen molar-refractivity contribution in [3.8, 4) is 5.75 Å². The molecule has 2 rings (SSSR count). The molecule has 2 aromatic heterocycles. The molecular weight excluding hydrogens is 256 g/mol. The van der Waals surface area contributed by atoms with Crippen molar-refractivity contribution >= 4 is 17.3 Å². The van der Waals surface area contributed by atoms with Gasteiger partial charge in [-0.3, -0.25) is 0 Å². The fourth-order valence-electron chi connectivity index (χ4n) is 1.27. The molecule has 0 aromatic carbocycles. The van der Waals surface area contributed by atoms with Crippen LogP contribution in [0.15, 0.2) is 16.0 Å². The highest BCUT2D eigenvalue weighted by Crippen LogP contribution is 2.25. The summed E-state index contributed by atoms with van der Waals surface area (Å²) in [6, 6.07) is 1.61. The van der Waals surface area contributed by atoms with Crippen LogP contribution in [0.25, 0.3) is 0 Å². The highest BCUT2D eigenvalue weighted by Gasteiger charge is 2.15. The predicted molar refractivity (Wildman–Crippen MR) is 64.0 cm³/mol. The van der Waals surface area contributed by atoms with Crippen molar-refractivity contribution in [1.82, 2.24) is 10.1 Å². The molecule has 96 valence electrons. The normalized spacial score (nSPS) is 10.8. The minimum absolute atomic E-state index is 0.0905. The minimum atomic E-state index is -1.00. The maximum Gasteiger partial charge on any atom is 0.349 e. The molecule has 0 atom stereocenters. The zero-order valence-electron chi connectivity index (χ0n) is 9.91. The first-order chi connectivity index (χ1) is 8.58. The van der Waals surface area contributed by atoms with Crippen LogP contribution in [0.3, 0.4) is 0 Å². The molecule has 18 heavy (non-hydrogen) atoms. The molecule has 0 fully saturated rings. The monoisotopic (exact) mass is 268 g/mol. The number of carbonyl (C=O) groups is 1. The van der Waals surface area contributed by atoms with Gasteiger partial charge in [-0.2, -0.15) is 4.98 Å². The largest absolute Gasteiger partial charge is 0.484 e. The summed E-state index contributed by atoms with van der Waals surface area (Å²) in [6.07, 6.45) is 0. The van der Waals surface area contributed by atoms with E-state index in [1.54, 1.807) is 11.4 Å². The molecule has 0 spiro atoms. The number of ether oxygens (including phenoxy) is 1. The Morgan fingerprint density at radius 1 is 1.61 bits per heavy atom. The van der Waals surface area contributed by atoms with Gasteiger partial charge in [0.2, 0.25) is 11.7 Å². The number of rotatable bonds is 5. The van der Waals surface area contributed by atoms with Gasteiger partial charge in [0.15, 0.2) is 11.5 Å². The van der Waals surface area contributed by atoms with E-state index >= 15 is 0 Å².